The highest BCUT2D eigenvalue weighted by Gasteiger charge is 2.14. The Kier molecular flexibility index (Phi) is 7.15. The fourth-order valence-corrected chi connectivity index (χ4v) is 4.96. The number of ether oxygens (including phenoxy) is 2. The van der Waals surface area contributed by atoms with Gasteiger partial charge >= 0.3 is 0 Å². The molecule has 5 rings (SSSR count). The molecule has 0 amide bonds. The summed E-state index contributed by atoms with van der Waals surface area (Å²) in [5, 5.41) is 15.2. The van der Waals surface area contributed by atoms with Crippen molar-refractivity contribution in [3.8, 4) is 11.5 Å². The van der Waals surface area contributed by atoms with Crippen LogP contribution in [0.25, 0.3) is 20.3 Å². The van der Waals surface area contributed by atoms with Crippen molar-refractivity contribution >= 4 is 54.7 Å². The van der Waals surface area contributed by atoms with E-state index in [0.29, 0.717) is 27.9 Å². The van der Waals surface area contributed by atoms with Gasteiger partial charge in [0.1, 0.15) is 53.6 Å². The number of thiophene rings is 1. The molecule has 0 aliphatic heterocycles. The van der Waals surface area contributed by atoms with Crippen molar-refractivity contribution in [3.63, 3.8) is 0 Å². The van der Waals surface area contributed by atoms with Gasteiger partial charge in [0.2, 0.25) is 0 Å². The van der Waals surface area contributed by atoms with Crippen molar-refractivity contribution in [2.24, 2.45) is 5.73 Å². The minimum atomic E-state index is -0.713. The number of rotatable bonds is 9. The molecule has 184 valence electrons. The summed E-state index contributed by atoms with van der Waals surface area (Å²) in [5.41, 5.74) is 6.88. The molecule has 0 fully saturated rings. The van der Waals surface area contributed by atoms with Gasteiger partial charge in [-0.1, -0.05) is 23.7 Å². The summed E-state index contributed by atoms with van der Waals surface area (Å²) in [6.07, 6.45) is 0.794. The second-order valence-corrected chi connectivity index (χ2v) is 9.49. The molecule has 5 aromatic rings. The summed E-state index contributed by atoms with van der Waals surface area (Å²) in [5.74, 6) is 1.47. The van der Waals surface area contributed by atoms with Crippen LogP contribution in [0.2, 0.25) is 5.02 Å². The lowest BCUT2D eigenvalue weighted by Crippen LogP contribution is -2.26. The fourth-order valence-electron chi connectivity index (χ4n) is 3.65. The maximum atomic E-state index is 13.4. The lowest BCUT2D eigenvalue weighted by atomic mass is 10.2. The van der Waals surface area contributed by atoms with E-state index in [4.69, 9.17) is 26.8 Å². The fraction of sp³-hybridized carbons (Fsp3) is 0.154. The predicted molar refractivity (Wildman–Crippen MR) is 141 cm³/mol. The van der Waals surface area contributed by atoms with Crippen molar-refractivity contribution in [1.29, 1.82) is 0 Å². The van der Waals surface area contributed by atoms with Crippen LogP contribution >= 0.6 is 22.9 Å². The van der Waals surface area contributed by atoms with E-state index in [1.54, 1.807) is 24.3 Å². The number of hydrogen-bond acceptors (Lipinski definition) is 8. The number of anilines is 2. The third-order valence-electron chi connectivity index (χ3n) is 5.43. The molecule has 0 spiro atoms. The van der Waals surface area contributed by atoms with Gasteiger partial charge in [0.25, 0.3) is 0 Å². The second kappa shape index (κ2) is 10.6. The lowest BCUT2D eigenvalue weighted by molar-refractivity contribution is 0.114. The first-order valence-corrected chi connectivity index (χ1v) is 12.3. The number of benzene rings is 3. The predicted octanol–water partition coefficient (Wildman–Crippen LogP) is 5.66. The number of nitrogens with two attached hydrogens (primary N) is 1. The standard InChI is InChI=1S/C26H22ClFN4O3S/c27-21-9-17(4-7-22(21)35-12-15-2-1-3-16(28)8-15)32-25-24-20-6-5-19(34-13-18(33)11-29)10-23(20)36-26(24)31-14-30-25/h1-10,14,18,33H,11-13,29H2,(H,30,31,32). The Morgan fingerprint density at radius 3 is 2.78 bits per heavy atom. The van der Waals surface area contributed by atoms with Gasteiger partial charge in [-0.2, -0.15) is 0 Å². The van der Waals surface area contributed by atoms with Crippen molar-refractivity contribution in [1.82, 2.24) is 9.97 Å². The van der Waals surface area contributed by atoms with Gasteiger partial charge < -0.3 is 25.6 Å². The summed E-state index contributed by atoms with van der Waals surface area (Å²) in [7, 11) is 0. The number of aliphatic hydroxyl groups is 1. The maximum Gasteiger partial charge on any atom is 0.143 e. The van der Waals surface area contributed by atoms with Crippen LogP contribution in [-0.2, 0) is 6.61 Å². The monoisotopic (exact) mass is 524 g/mol. The van der Waals surface area contributed by atoms with Crippen LogP contribution in [0.3, 0.4) is 0 Å². The Morgan fingerprint density at radius 1 is 1.08 bits per heavy atom. The number of fused-ring (bicyclic) bond motifs is 3. The van der Waals surface area contributed by atoms with Gasteiger partial charge in [-0.15, -0.1) is 11.3 Å². The van der Waals surface area contributed by atoms with E-state index in [-0.39, 0.29) is 25.6 Å². The SMILES string of the molecule is NCC(O)COc1ccc2c(c1)sc1ncnc(Nc3ccc(OCc4cccc(F)c4)c(Cl)c3)c12. The van der Waals surface area contributed by atoms with Crippen LogP contribution in [0.1, 0.15) is 5.56 Å². The van der Waals surface area contributed by atoms with Crippen molar-refractivity contribution < 1.29 is 19.0 Å². The number of halogens is 2. The molecule has 3 aromatic carbocycles. The Labute approximate surface area is 215 Å². The molecule has 0 saturated heterocycles. The lowest BCUT2D eigenvalue weighted by Gasteiger charge is -2.12. The minimum Gasteiger partial charge on any atom is -0.491 e. The molecule has 0 aliphatic carbocycles. The zero-order valence-corrected chi connectivity index (χ0v) is 20.5. The summed E-state index contributed by atoms with van der Waals surface area (Å²) >= 11 is 7.98. The van der Waals surface area contributed by atoms with Gasteiger partial charge in [-0.25, -0.2) is 14.4 Å². The summed E-state index contributed by atoms with van der Waals surface area (Å²) in [6, 6.07) is 17.3. The number of nitrogens with zero attached hydrogens (tertiary/aromatic N) is 2. The van der Waals surface area contributed by atoms with E-state index in [0.717, 1.165) is 26.0 Å². The molecule has 7 nitrogen and oxygen atoms in total. The molecule has 2 aromatic heterocycles. The number of aromatic nitrogens is 2. The Morgan fingerprint density at radius 2 is 1.97 bits per heavy atom. The molecule has 1 atom stereocenters. The zero-order valence-electron chi connectivity index (χ0n) is 18.9. The highest BCUT2D eigenvalue weighted by molar-refractivity contribution is 7.25. The normalized spacial score (nSPS) is 12.1. The van der Waals surface area contributed by atoms with Gasteiger partial charge in [0.15, 0.2) is 0 Å². The molecule has 36 heavy (non-hydrogen) atoms. The van der Waals surface area contributed by atoms with Gasteiger partial charge in [0.05, 0.1) is 10.4 Å². The van der Waals surface area contributed by atoms with Gasteiger partial charge in [0, 0.05) is 22.3 Å². The molecule has 1 unspecified atom stereocenters. The van der Waals surface area contributed by atoms with Crippen LogP contribution in [0.5, 0.6) is 11.5 Å². The molecule has 2 heterocycles. The molecular formula is C26H22ClFN4O3S. The average Bonchev–Trinajstić information content (AvgIpc) is 3.25. The van der Waals surface area contributed by atoms with Crippen LogP contribution in [0, 0.1) is 5.82 Å². The summed E-state index contributed by atoms with van der Waals surface area (Å²) < 4.78 is 25.8. The first-order chi connectivity index (χ1) is 17.5. The van der Waals surface area contributed by atoms with Gasteiger partial charge in [-0.05, 0) is 54.1 Å². The maximum absolute atomic E-state index is 13.4. The van der Waals surface area contributed by atoms with E-state index in [9.17, 15) is 9.50 Å². The number of aliphatic hydroxyl groups excluding tert-OH is 1. The molecule has 0 radical (unpaired) electrons. The Bertz CT molecular complexity index is 1530. The zero-order chi connectivity index (χ0) is 25.1. The average molecular weight is 525 g/mol. The van der Waals surface area contributed by atoms with E-state index in [1.165, 1.54) is 29.8 Å². The van der Waals surface area contributed by atoms with E-state index < -0.39 is 6.10 Å². The summed E-state index contributed by atoms with van der Waals surface area (Å²) in [4.78, 5) is 9.70. The Hall–Kier alpha value is -3.50. The van der Waals surface area contributed by atoms with Crippen LogP contribution in [0.4, 0.5) is 15.9 Å². The minimum absolute atomic E-state index is 0.127. The van der Waals surface area contributed by atoms with Crippen LogP contribution in [-0.4, -0.2) is 34.3 Å². The third kappa shape index (κ3) is 5.34. The second-order valence-electron chi connectivity index (χ2n) is 8.05. The van der Waals surface area contributed by atoms with Crippen molar-refractivity contribution in [2.45, 2.75) is 12.7 Å². The van der Waals surface area contributed by atoms with E-state index in [1.807, 2.05) is 24.3 Å². The highest BCUT2D eigenvalue weighted by atomic mass is 35.5. The topological polar surface area (TPSA) is 103 Å². The van der Waals surface area contributed by atoms with Crippen LogP contribution < -0.4 is 20.5 Å². The van der Waals surface area contributed by atoms with Gasteiger partial charge in [-0.3, -0.25) is 0 Å². The molecule has 0 saturated carbocycles. The summed E-state index contributed by atoms with van der Waals surface area (Å²) in [6.45, 7) is 0.469. The highest BCUT2D eigenvalue weighted by Crippen LogP contribution is 2.39. The largest absolute Gasteiger partial charge is 0.491 e. The van der Waals surface area contributed by atoms with Crippen molar-refractivity contribution in [2.75, 3.05) is 18.5 Å². The van der Waals surface area contributed by atoms with E-state index in [2.05, 4.69) is 15.3 Å². The quantitative estimate of drug-likeness (QED) is 0.229. The first-order valence-electron chi connectivity index (χ1n) is 11.1. The molecular weight excluding hydrogens is 503 g/mol. The number of nitrogens with one attached hydrogen (secondary N) is 1. The Balaban J connectivity index is 1.36. The van der Waals surface area contributed by atoms with E-state index >= 15 is 0 Å². The molecule has 10 heteroatoms. The molecule has 4 N–H and O–H groups in total. The van der Waals surface area contributed by atoms with Crippen molar-refractivity contribution in [3.05, 3.63) is 83.4 Å². The first kappa shape index (κ1) is 24.2. The molecule has 0 aliphatic rings. The smallest absolute Gasteiger partial charge is 0.143 e. The molecule has 0 bridgehead atoms. The number of hydrogen-bond donors (Lipinski definition) is 3. The van der Waals surface area contributed by atoms with Crippen LogP contribution in [0.15, 0.2) is 67.0 Å². The third-order valence-corrected chi connectivity index (χ3v) is 6.79.